The summed E-state index contributed by atoms with van der Waals surface area (Å²) in [7, 11) is 1.10. The molecule has 0 unspecified atom stereocenters. The second kappa shape index (κ2) is 8.40. The van der Waals surface area contributed by atoms with Crippen LogP contribution in [0.5, 0.6) is 0 Å². The Kier molecular flexibility index (Phi) is 5.49. The van der Waals surface area contributed by atoms with Crippen LogP contribution in [0, 0.1) is 11.6 Å². The molecule has 3 heterocycles. The summed E-state index contributed by atoms with van der Waals surface area (Å²) in [5.74, 6) is -3.89. The number of oxazole rings is 2. The first-order chi connectivity index (χ1) is 16.7. The highest BCUT2D eigenvalue weighted by Gasteiger charge is 2.41. The minimum absolute atomic E-state index is 0.0150. The molecule has 1 atom stereocenters. The fourth-order valence-corrected chi connectivity index (χ4v) is 4.49. The number of methoxy groups -OCH3 is 1. The molecule has 5 rings (SSSR count). The third-order valence-corrected chi connectivity index (χ3v) is 6.12. The summed E-state index contributed by atoms with van der Waals surface area (Å²) in [5, 5.41) is -0.277. The fraction of sp³-hybridized carbons (Fsp3) is 0.0870. The fourth-order valence-electron chi connectivity index (χ4n) is 4.00. The molecule has 4 aromatic rings. The van der Waals surface area contributed by atoms with Crippen molar-refractivity contribution in [3.05, 3.63) is 96.2 Å². The number of anilines is 1. The lowest BCUT2D eigenvalue weighted by molar-refractivity contribution is -0.134. The first-order valence-corrected chi connectivity index (χ1v) is 10.7. The van der Waals surface area contributed by atoms with Gasteiger partial charge in [0.15, 0.2) is 0 Å². The molecule has 0 fully saturated rings. The topological polar surface area (TPSA) is 113 Å². The van der Waals surface area contributed by atoms with Crippen LogP contribution in [0.15, 0.2) is 50.0 Å². The summed E-state index contributed by atoms with van der Waals surface area (Å²) in [4.78, 5) is 30.0. The van der Waals surface area contributed by atoms with Crippen LogP contribution in [0.4, 0.5) is 14.8 Å². The number of rotatable bonds is 3. The number of halogens is 4. The molecule has 0 aliphatic carbocycles. The Morgan fingerprint density at radius 3 is 2.49 bits per heavy atom. The molecule has 0 bridgehead atoms. The molecule has 35 heavy (non-hydrogen) atoms. The zero-order chi connectivity index (χ0) is 25.0. The van der Waals surface area contributed by atoms with E-state index in [-0.39, 0.29) is 55.2 Å². The number of aromatic nitrogens is 2. The van der Waals surface area contributed by atoms with Crippen LogP contribution in [-0.4, -0.2) is 22.6 Å². The SMILES string of the molecule is COC(=O)C1=c2oc(=O)/c(=C\c3c(F)cccc3Cl)n2-c2oc(N)nc2[C@@H]1c1c(F)cccc1Cl. The zero-order valence-electron chi connectivity index (χ0n) is 17.6. The van der Waals surface area contributed by atoms with Crippen LogP contribution in [-0.2, 0) is 9.53 Å². The van der Waals surface area contributed by atoms with Gasteiger partial charge in [-0.25, -0.2) is 22.9 Å². The number of esters is 1. The van der Waals surface area contributed by atoms with Gasteiger partial charge in [-0.3, -0.25) is 0 Å². The van der Waals surface area contributed by atoms with E-state index in [0.717, 1.165) is 29.9 Å². The van der Waals surface area contributed by atoms with Crippen LogP contribution in [0.1, 0.15) is 22.7 Å². The third-order valence-electron chi connectivity index (χ3n) is 5.46. The van der Waals surface area contributed by atoms with Crippen molar-refractivity contribution in [2.75, 3.05) is 12.8 Å². The first kappa shape index (κ1) is 22.9. The van der Waals surface area contributed by atoms with Gasteiger partial charge in [0, 0.05) is 16.1 Å². The summed E-state index contributed by atoms with van der Waals surface area (Å²) < 4.78 is 46.4. The lowest BCUT2D eigenvalue weighted by atomic mass is 9.86. The van der Waals surface area contributed by atoms with Gasteiger partial charge in [-0.2, -0.15) is 4.98 Å². The smallest absolute Gasteiger partial charge is 0.362 e. The molecule has 8 nitrogen and oxygen atoms in total. The molecule has 0 radical (unpaired) electrons. The van der Waals surface area contributed by atoms with Crippen molar-refractivity contribution in [3.8, 4) is 5.88 Å². The van der Waals surface area contributed by atoms with Crippen molar-refractivity contribution in [3.63, 3.8) is 0 Å². The largest absolute Gasteiger partial charge is 0.465 e. The lowest BCUT2D eigenvalue weighted by Gasteiger charge is -2.22. The van der Waals surface area contributed by atoms with Crippen molar-refractivity contribution in [1.29, 1.82) is 0 Å². The molecule has 2 aromatic heterocycles. The third kappa shape index (κ3) is 3.53. The van der Waals surface area contributed by atoms with Crippen molar-refractivity contribution in [2.24, 2.45) is 0 Å². The summed E-state index contributed by atoms with van der Waals surface area (Å²) in [5.41, 5.74) is 3.89. The molecule has 0 saturated heterocycles. The Labute approximate surface area is 204 Å². The van der Waals surface area contributed by atoms with Gasteiger partial charge in [-0.05, 0) is 30.3 Å². The quantitative estimate of drug-likeness (QED) is 0.414. The molecule has 12 heteroatoms. The average Bonchev–Trinajstić information content (AvgIpc) is 3.34. The van der Waals surface area contributed by atoms with Gasteiger partial charge in [0.2, 0.25) is 11.4 Å². The van der Waals surface area contributed by atoms with E-state index >= 15 is 4.39 Å². The van der Waals surface area contributed by atoms with Gasteiger partial charge in [-0.1, -0.05) is 35.3 Å². The number of hydrogen-bond donors (Lipinski definition) is 1. The Hall–Kier alpha value is -3.89. The lowest BCUT2D eigenvalue weighted by Crippen LogP contribution is -2.37. The molecule has 0 amide bonds. The van der Waals surface area contributed by atoms with E-state index in [1.165, 1.54) is 24.3 Å². The van der Waals surface area contributed by atoms with Gasteiger partial charge in [0.05, 0.1) is 18.1 Å². The van der Waals surface area contributed by atoms with Crippen LogP contribution < -0.4 is 22.3 Å². The Morgan fingerprint density at radius 1 is 1.14 bits per heavy atom. The second-order valence-electron chi connectivity index (χ2n) is 7.41. The minimum atomic E-state index is -1.30. The van der Waals surface area contributed by atoms with Crippen LogP contribution in [0.3, 0.4) is 0 Å². The summed E-state index contributed by atoms with van der Waals surface area (Å²) in [6.07, 6.45) is 1.13. The highest BCUT2D eigenvalue weighted by molar-refractivity contribution is 6.32. The van der Waals surface area contributed by atoms with Gasteiger partial charge < -0.3 is 19.3 Å². The van der Waals surface area contributed by atoms with Gasteiger partial charge in [0.1, 0.15) is 28.3 Å². The van der Waals surface area contributed by atoms with E-state index in [1.54, 1.807) is 0 Å². The van der Waals surface area contributed by atoms with E-state index in [1.807, 2.05) is 0 Å². The average molecular weight is 520 g/mol. The van der Waals surface area contributed by atoms with Crippen LogP contribution in [0.25, 0.3) is 17.5 Å². The predicted octanol–water partition coefficient (Wildman–Crippen LogP) is 2.88. The standard InChI is InChI=1S/C23H13Cl2F2N3O5/c1-33-22(32)17-16(15-11(25)5-3-7-13(15)27)18-20(35-23(28)29-18)30-14(21(31)34-19(17)30)8-9-10(24)4-2-6-12(9)26/h2-8,16H,1H3,(H2,28,29)/b14-8+/t16-/m1/s1. The highest BCUT2D eigenvalue weighted by atomic mass is 35.5. The predicted molar refractivity (Wildman–Crippen MR) is 122 cm³/mol. The molecule has 178 valence electrons. The molecule has 1 aliphatic heterocycles. The highest BCUT2D eigenvalue weighted by Crippen LogP contribution is 2.42. The van der Waals surface area contributed by atoms with Crippen molar-refractivity contribution < 1.29 is 27.1 Å². The summed E-state index contributed by atoms with van der Waals surface area (Å²) in [6, 6.07) is 7.57. The molecule has 1 aliphatic rings. The van der Waals surface area contributed by atoms with Crippen LogP contribution in [0.2, 0.25) is 10.0 Å². The number of benzene rings is 2. The van der Waals surface area contributed by atoms with Crippen molar-refractivity contribution in [1.82, 2.24) is 9.55 Å². The van der Waals surface area contributed by atoms with E-state index in [9.17, 15) is 14.0 Å². The molecule has 0 saturated carbocycles. The molecular formula is C23H13Cl2F2N3O5. The zero-order valence-corrected chi connectivity index (χ0v) is 19.2. The van der Waals surface area contributed by atoms with E-state index < -0.39 is 29.1 Å². The Morgan fingerprint density at radius 2 is 1.83 bits per heavy atom. The number of nitrogen functional groups attached to an aromatic ring is 1. The molecule has 0 spiro atoms. The second-order valence-corrected chi connectivity index (χ2v) is 8.23. The number of nitrogens with two attached hydrogens (primary N) is 1. The maximum Gasteiger partial charge on any atom is 0.362 e. The molecule has 2 N–H and O–H groups in total. The van der Waals surface area contributed by atoms with Gasteiger partial charge >= 0.3 is 11.6 Å². The van der Waals surface area contributed by atoms with E-state index in [2.05, 4.69) is 4.98 Å². The van der Waals surface area contributed by atoms with E-state index in [4.69, 9.17) is 42.5 Å². The van der Waals surface area contributed by atoms with Crippen LogP contribution >= 0.6 is 23.2 Å². The van der Waals surface area contributed by atoms with Gasteiger partial charge in [-0.15, -0.1) is 0 Å². The number of carbonyl (C=O) groups excluding carboxylic acids is 1. The Balaban J connectivity index is 1.98. The number of nitrogens with zero attached hydrogens (tertiary/aromatic N) is 2. The maximum absolute atomic E-state index is 15.0. The molecular weight excluding hydrogens is 507 g/mol. The number of carbonyl (C=O) groups is 1. The Bertz CT molecular complexity index is 1670. The first-order valence-electron chi connectivity index (χ1n) is 9.93. The van der Waals surface area contributed by atoms with Crippen molar-refractivity contribution in [2.45, 2.75) is 5.92 Å². The van der Waals surface area contributed by atoms with Crippen molar-refractivity contribution >= 4 is 46.8 Å². The normalized spacial score (nSPS) is 15.2. The number of fused-ring (bicyclic) bond motifs is 3. The van der Waals surface area contributed by atoms with E-state index in [0.29, 0.717) is 0 Å². The summed E-state index contributed by atoms with van der Waals surface area (Å²) >= 11 is 12.4. The minimum Gasteiger partial charge on any atom is -0.465 e. The maximum atomic E-state index is 15.0. The number of ether oxygens (including phenoxy) is 1. The number of hydrogen-bond acceptors (Lipinski definition) is 7. The summed E-state index contributed by atoms with van der Waals surface area (Å²) in [6.45, 7) is 0. The van der Waals surface area contributed by atoms with Gasteiger partial charge in [0.25, 0.3) is 6.01 Å². The monoisotopic (exact) mass is 519 g/mol. The molecule has 2 aromatic carbocycles.